The summed E-state index contributed by atoms with van der Waals surface area (Å²) in [5.41, 5.74) is 1.62. The number of aliphatic carboxylic acids is 1. The van der Waals surface area contributed by atoms with Gasteiger partial charge < -0.3 is 14.4 Å². The van der Waals surface area contributed by atoms with Crippen LogP contribution < -0.4 is 4.74 Å². The highest BCUT2D eigenvalue weighted by molar-refractivity contribution is 8.26. The maximum atomic E-state index is 13.3. The van der Waals surface area contributed by atoms with Crippen molar-refractivity contribution in [2.24, 2.45) is 7.05 Å². The SMILES string of the molecule is Cn1c(Oc2ccc(F)cc2)c(C=C2SC(=S)N(CCCC(=O)O)C2=O)c2ccccc21. The lowest BCUT2D eigenvalue weighted by atomic mass is 10.1. The molecule has 0 radical (unpaired) electrons. The van der Waals surface area contributed by atoms with Gasteiger partial charge in [0.05, 0.1) is 10.4 Å². The molecule has 1 fully saturated rings. The van der Waals surface area contributed by atoms with E-state index < -0.39 is 5.97 Å². The van der Waals surface area contributed by atoms with E-state index in [1.54, 1.807) is 18.2 Å². The first kappa shape index (κ1) is 22.0. The number of thiocarbonyl (C=S) groups is 1. The zero-order valence-electron chi connectivity index (χ0n) is 17.1. The third-order valence-corrected chi connectivity index (χ3v) is 6.42. The second-order valence-corrected chi connectivity index (χ2v) is 8.86. The fourth-order valence-corrected chi connectivity index (χ4v) is 4.78. The number of nitrogens with zero attached hydrogens (tertiary/aromatic N) is 2. The maximum Gasteiger partial charge on any atom is 0.303 e. The third kappa shape index (κ3) is 4.39. The topological polar surface area (TPSA) is 71.8 Å². The van der Waals surface area contributed by atoms with Crippen molar-refractivity contribution in [3.05, 3.63) is 64.8 Å². The number of hydrogen-bond donors (Lipinski definition) is 1. The summed E-state index contributed by atoms with van der Waals surface area (Å²) in [6.45, 7) is 0.253. The lowest BCUT2D eigenvalue weighted by Gasteiger charge is -2.13. The summed E-state index contributed by atoms with van der Waals surface area (Å²) < 4.78 is 21.7. The lowest BCUT2D eigenvalue weighted by molar-refractivity contribution is -0.137. The largest absolute Gasteiger partial charge is 0.481 e. The fourth-order valence-electron chi connectivity index (χ4n) is 3.49. The summed E-state index contributed by atoms with van der Waals surface area (Å²) in [5, 5.41) is 9.74. The van der Waals surface area contributed by atoms with Gasteiger partial charge in [0.25, 0.3) is 5.91 Å². The van der Waals surface area contributed by atoms with E-state index in [0.29, 0.717) is 32.8 Å². The summed E-state index contributed by atoms with van der Waals surface area (Å²) >= 11 is 6.53. The van der Waals surface area contributed by atoms with Gasteiger partial charge in [0.1, 0.15) is 15.9 Å². The second-order valence-electron chi connectivity index (χ2n) is 7.18. The average Bonchev–Trinajstić information content (AvgIpc) is 3.18. The van der Waals surface area contributed by atoms with Crippen LogP contribution in [0.3, 0.4) is 0 Å². The van der Waals surface area contributed by atoms with Gasteiger partial charge in [-0.2, -0.15) is 0 Å². The first-order valence-corrected chi connectivity index (χ1v) is 11.1. The number of benzene rings is 2. The molecule has 0 spiro atoms. The average molecular weight is 471 g/mol. The van der Waals surface area contributed by atoms with Gasteiger partial charge in [-0.1, -0.05) is 42.2 Å². The number of rotatable bonds is 7. The van der Waals surface area contributed by atoms with Crippen molar-refractivity contribution in [3.63, 3.8) is 0 Å². The molecule has 4 rings (SSSR count). The number of carbonyl (C=O) groups is 2. The molecule has 164 valence electrons. The van der Waals surface area contributed by atoms with E-state index in [1.165, 1.54) is 28.8 Å². The van der Waals surface area contributed by atoms with Crippen LogP contribution in [0.5, 0.6) is 11.6 Å². The summed E-state index contributed by atoms with van der Waals surface area (Å²) in [4.78, 5) is 25.6. The first-order chi connectivity index (χ1) is 15.3. The number of halogens is 1. The van der Waals surface area contributed by atoms with Gasteiger partial charge in [-0.15, -0.1) is 0 Å². The van der Waals surface area contributed by atoms with Gasteiger partial charge >= 0.3 is 5.97 Å². The van der Waals surface area contributed by atoms with Gasteiger partial charge in [-0.25, -0.2) is 4.39 Å². The zero-order valence-corrected chi connectivity index (χ0v) is 18.7. The van der Waals surface area contributed by atoms with Crippen molar-refractivity contribution in [2.45, 2.75) is 12.8 Å². The van der Waals surface area contributed by atoms with Crippen molar-refractivity contribution < 1.29 is 23.8 Å². The van der Waals surface area contributed by atoms with Crippen molar-refractivity contribution in [1.82, 2.24) is 9.47 Å². The minimum atomic E-state index is -0.913. The quantitative estimate of drug-likeness (QED) is 0.379. The van der Waals surface area contributed by atoms with E-state index in [0.717, 1.165) is 10.9 Å². The van der Waals surface area contributed by atoms with Crippen LogP contribution in [0, 0.1) is 5.82 Å². The molecule has 1 amide bonds. The molecule has 0 saturated carbocycles. The molecule has 0 atom stereocenters. The summed E-state index contributed by atoms with van der Waals surface area (Å²) in [7, 11) is 1.86. The van der Waals surface area contributed by atoms with Crippen molar-refractivity contribution in [3.8, 4) is 11.6 Å². The Labute approximate surface area is 193 Å². The molecular formula is C23H19FN2O4S2. The number of carbonyl (C=O) groups excluding carboxylic acids is 1. The Morgan fingerprint density at radius 1 is 1.22 bits per heavy atom. The van der Waals surface area contributed by atoms with E-state index in [9.17, 15) is 14.0 Å². The molecule has 6 nitrogen and oxygen atoms in total. The highest BCUT2D eigenvalue weighted by Crippen LogP contribution is 2.39. The highest BCUT2D eigenvalue weighted by Gasteiger charge is 2.32. The predicted octanol–water partition coefficient (Wildman–Crippen LogP) is 5.18. The number of fused-ring (bicyclic) bond motifs is 1. The van der Waals surface area contributed by atoms with Crippen LogP contribution in [0.1, 0.15) is 18.4 Å². The summed E-state index contributed by atoms with van der Waals surface area (Å²) in [6.07, 6.45) is 2.04. The normalized spacial score (nSPS) is 15.2. The number of carboxylic acids is 1. The highest BCUT2D eigenvalue weighted by atomic mass is 32.2. The van der Waals surface area contributed by atoms with E-state index in [-0.39, 0.29) is 24.7 Å². The van der Waals surface area contributed by atoms with Gasteiger partial charge in [-0.05, 0) is 42.8 Å². The molecule has 3 aromatic rings. The van der Waals surface area contributed by atoms with Crippen LogP contribution in [0.25, 0.3) is 17.0 Å². The van der Waals surface area contributed by atoms with Crippen molar-refractivity contribution in [1.29, 1.82) is 0 Å². The number of thioether (sulfide) groups is 1. The Balaban J connectivity index is 1.71. The second kappa shape index (κ2) is 9.13. The molecule has 0 aliphatic carbocycles. The van der Waals surface area contributed by atoms with Crippen LogP contribution in [0.4, 0.5) is 4.39 Å². The van der Waals surface area contributed by atoms with Crippen molar-refractivity contribution in [2.75, 3.05) is 6.54 Å². The molecule has 2 aromatic carbocycles. The summed E-state index contributed by atoms with van der Waals surface area (Å²) in [5.74, 6) is -0.557. The molecule has 1 aliphatic heterocycles. The Kier molecular flexibility index (Phi) is 6.29. The van der Waals surface area contributed by atoms with Crippen LogP contribution in [0.15, 0.2) is 53.4 Å². The van der Waals surface area contributed by atoms with Crippen LogP contribution in [0.2, 0.25) is 0 Å². The monoisotopic (exact) mass is 470 g/mol. The zero-order chi connectivity index (χ0) is 22.8. The molecule has 1 aliphatic rings. The minimum Gasteiger partial charge on any atom is -0.481 e. The van der Waals surface area contributed by atoms with Gasteiger partial charge in [0.15, 0.2) is 0 Å². The minimum absolute atomic E-state index is 0.0327. The number of aromatic nitrogens is 1. The van der Waals surface area contributed by atoms with E-state index >= 15 is 0 Å². The molecule has 2 heterocycles. The Morgan fingerprint density at radius 2 is 1.94 bits per heavy atom. The van der Waals surface area contributed by atoms with Crippen molar-refractivity contribution >= 4 is 57.2 Å². The number of ether oxygens (including phenoxy) is 1. The molecule has 0 bridgehead atoms. The fraction of sp³-hybridized carbons (Fsp3) is 0.174. The smallest absolute Gasteiger partial charge is 0.303 e. The van der Waals surface area contributed by atoms with E-state index in [2.05, 4.69) is 0 Å². The number of para-hydroxylation sites is 1. The maximum absolute atomic E-state index is 13.3. The number of amides is 1. The Bertz CT molecular complexity index is 1250. The number of carboxylic acid groups (broad SMARTS) is 1. The van der Waals surface area contributed by atoms with E-state index in [4.69, 9.17) is 22.1 Å². The standard InChI is InChI=1S/C23H19FN2O4S2/c1-25-18-6-3-2-5-16(18)17(22(25)30-15-10-8-14(24)9-11-15)13-19-21(29)26(23(31)32-19)12-4-7-20(27)28/h2-3,5-6,8-11,13H,4,7,12H2,1H3,(H,27,28). The molecule has 1 aromatic heterocycles. The van der Waals surface area contributed by atoms with Crippen LogP contribution in [-0.4, -0.2) is 37.3 Å². The lowest BCUT2D eigenvalue weighted by Crippen LogP contribution is -2.29. The predicted molar refractivity (Wildman–Crippen MR) is 126 cm³/mol. The molecular weight excluding hydrogens is 451 g/mol. The van der Waals surface area contributed by atoms with Crippen LogP contribution >= 0.6 is 24.0 Å². The van der Waals surface area contributed by atoms with Crippen LogP contribution in [-0.2, 0) is 16.6 Å². The molecule has 1 saturated heterocycles. The van der Waals surface area contributed by atoms with E-state index in [1.807, 2.05) is 35.9 Å². The van der Waals surface area contributed by atoms with Gasteiger partial charge in [0.2, 0.25) is 5.88 Å². The number of hydrogen-bond acceptors (Lipinski definition) is 5. The molecule has 32 heavy (non-hydrogen) atoms. The first-order valence-electron chi connectivity index (χ1n) is 9.83. The summed E-state index contributed by atoms with van der Waals surface area (Å²) in [6, 6.07) is 13.4. The third-order valence-electron chi connectivity index (χ3n) is 5.04. The molecule has 1 N–H and O–H groups in total. The van der Waals surface area contributed by atoms with Gasteiger partial charge in [-0.3, -0.25) is 14.5 Å². The van der Waals surface area contributed by atoms with Gasteiger partial charge in [0, 0.05) is 31.0 Å². The Morgan fingerprint density at radius 3 is 2.66 bits per heavy atom. The Hall–Kier alpha value is -3.17. The molecule has 0 unspecified atom stereocenters. The molecule has 9 heteroatoms. The number of aryl methyl sites for hydroxylation is 1.